The SMILES string of the molecule is CCOC(=O)c1sc2c(I)nccc2c1N1CCOCC1. The highest BCUT2D eigenvalue weighted by Crippen LogP contribution is 2.40. The Bertz CT molecular complexity index is 668. The van der Waals surface area contributed by atoms with Gasteiger partial charge < -0.3 is 14.4 Å². The maximum absolute atomic E-state index is 12.3. The Kier molecular flexibility index (Phi) is 4.60. The molecule has 21 heavy (non-hydrogen) atoms. The van der Waals surface area contributed by atoms with Crippen molar-refractivity contribution in [3.63, 3.8) is 0 Å². The van der Waals surface area contributed by atoms with Gasteiger partial charge in [0, 0.05) is 24.7 Å². The zero-order chi connectivity index (χ0) is 14.8. The second-order valence-corrected chi connectivity index (χ2v) is 6.62. The quantitative estimate of drug-likeness (QED) is 0.436. The van der Waals surface area contributed by atoms with Crippen molar-refractivity contribution in [1.82, 2.24) is 4.98 Å². The average molecular weight is 418 g/mol. The largest absolute Gasteiger partial charge is 0.462 e. The molecule has 3 rings (SSSR count). The van der Waals surface area contributed by atoms with Gasteiger partial charge in [-0.25, -0.2) is 9.78 Å². The Balaban J connectivity index is 2.15. The molecule has 1 fully saturated rings. The second-order valence-electron chi connectivity index (χ2n) is 4.58. The number of nitrogens with zero attached hydrogens (tertiary/aromatic N) is 2. The van der Waals surface area contributed by atoms with E-state index in [1.54, 1.807) is 6.20 Å². The maximum atomic E-state index is 12.3. The standard InChI is InChI=1S/C14H15IN2O3S/c1-2-20-14(18)12-10(17-5-7-19-8-6-17)9-3-4-16-13(15)11(9)21-12/h3-4H,2,5-8H2,1H3. The molecular weight excluding hydrogens is 403 g/mol. The van der Waals surface area contributed by atoms with E-state index in [2.05, 4.69) is 32.5 Å². The Morgan fingerprint density at radius 1 is 1.52 bits per heavy atom. The Morgan fingerprint density at radius 2 is 2.29 bits per heavy atom. The lowest BCUT2D eigenvalue weighted by Crippen LogP contribution is -2.36. The summed E-state index contributed by atoms with van der Waals surface area (Å²) in [6, 6.07) is 1.97. The summed E-state index contributed by atoms with van der Waals surface area (Å²) in [6.45, 7) is 5.15. The summed E-state index contributed by atoms with van der Waals surface area (Å²) in [7, 11) is 0. The van der Waals surface area contributed by atoms with Crippen LogP contribution in [-0.2, 0) is 9.47 Å². The van der Waals surface area contributed by atoms with Crippen LogP contribution in [0.15, 0.2) is 12.3 Å². The summed E-state index contributed by atoms with van der Waals surface area (Å²) in [6.07, 6.45) is 1.79. The lowest BCUT2D eigenvalue weighted by Gasteiger charge is -2.29. The number of rotatable bonds is 3. The summed E-state index contributed by atoms with van der Waals surface area (Å²) in [5.41, 5.74) is 0.970. The average Bonchev–Trinajstić information content (AvgIpc) is 2.89. The molecule has 0 spiro atoms. The first kappa shape index (κ1) is 15.0. The molecule has 0 N–H and O–H groups in total. The van der Waals surface area contributed by atoms with E-state index in [4.69, 9.17) is 9.47 Å². The van der Waals surface area contributed by atoms with Crippen molar-refractivity contribution >= 4 is 55.7 Å². The smallest absolute Gasteiger partial charge is 0.350 e. The lowest BCUT2D eigenvalue weighted by atomic mass is 10.2. The monoisotopic (exact) mass is 418 g/mol. The molecular formula is C14H15IN2O3S. The number of ether oxygens (including phenoxy) is 2. The van der Waals surface area contributed by atoms with E-state index in [0.717, 1.165) is 32.6 Å². The molecule has 0 atom stereocenters. The Morgan fingerprint density at radius 3 is 3.00 bits per heavy atom. The fourth-order valence-corrected chi connectivity index (χ4v) is 4.29. The van der Waals surface area contributed by atoms with Crippen LogP contribution in [0.3, 0.4) is 0 Å². The maximum Gasteiger partial charge on any atom is 0.350 e. The molecule has 0 unspecified atom stereocenters. The minimum Gasteiger partial charge on any atom is -0.462 e. The summed E-state index contributed by atoms with van der Waals surface area (Å²) in [4.78, 5) is 19.5. The number of thiophene rings is 1. The number of pyridine rings is 1. The molecule has 1 aliphatic heterocycles. The molecule has 1 aliphatic rings. The number of fused-ring (bicyclic) bond motifs is 1. The first-order chi connectivity index (χ1) is 10.2. The fraction of sp³-hybridized carbons (Fsp3) is 0.429. The summed E-state index contributed by atoms with van der Waals surface area (Å²) < 4.78 is 12.6. The van der Waals surface area contributed by atoms with Crippen molar-refractivity contribution in [2.75, 3.05) is 37.8 Å². The van der Waals surface area contributed by atoms with E-state index in [1.165, 1.54) is 11.3 Å². The van der Waals surface area contributed by atoms with Gasteiger partial charge in [-0.3, -0.25) is 0 Å². The summed E-state index contributed by atoms with van der Waals surface area (Å²) in [5, 5.41) is 1.07. The number of hydrogen-bond donors (Lipinski definition) is 0. The first-order valence-corrected chi connectivity index (χ1v) is 8.68. The van der Waals surface area contributed by atoms with Crippen LogP contribution in [0.2, 0.25) is 0 Å². The van der Waals surface area contributed by atoms with E-state index >= 15 is 0 Å². The molecule has 2 aromatic heterocycles. The van der Waals surface area contributed by atoms with Crippen LogP contribution in [0.1, 0.15) is 16.6 Å². The van der Waals surface area contributed by atoms with Gasteiger partial charge in [0.05, 0.1) is 30.2 Å². The van der Waals surface area contributed by atoms with Gasteiger partial charge in [-0.1, -0.05) is 0 Å². The Hall–Kier alpha value is -0.930. The molecule has 112 valence electrons. The number of halogens is 1. The van der Waals surface area contributed by atoms with Crippen LogP contribution in [0, 0.1) is 3.70 Å². The van der Waals surface area contributed by atoms with Crippen LogP contribution in [-0.4, -0.2) is 43.9 Å². The van der Waals surface area contributed by atoms with Crippen LogP contribution in [0.5, 0.6) is 0 Å². The van der Waals surface area contributed by atoms with Gasteiger partial charge in [-0.15, -0.1) is 11.3 Å². The van der Waals surface area contributed by atoms with E-state index < -0.39 is 0 Å². The van der Waals surface area contributed by atoms with Gasteiger partial charge >= 0.3 is 5.97 Å². The third kappa shape index (κ3) is 2.86. The first-order valence-electron chi connectivity index (χ1n) is 6.79. The van der Waals surface area contributed by atoms with Crippen molar-refractivity contribution in [1.29, 1.82) is 0 Å². The molecule has 1 saturated heterocycles. The van der Waals surface area contributed by atoms with Crippen LogP contribution < -0.4 is 4.90 Å². The van der Waals surface area contributed by atoms with E-state index in [1.807, 2.05) is 13.0 Å². The molecule has 0 aromatic carbocycles. The molecule has 7 heteroatoms. The summed E-state index contributed by atoms with van der Waals surface area (Å²) >= 11 is 3.67. The number of esters is 1. The number of anilines is 1. The number of hydrogen-bond acceptors (Lipinski definition) is 6. The Labute approximate surface area is 140 Å². The lowest BCUT2D eigenvalue weighted by molar-refractivity contribution is 0.0532. The minimum absolute atomic E-state index is 0.254. The van der Waals surface area contributed by atoms with Gasteiger partial charge in [-0.05, 0) is 35.6 Å². The molecule has 0 amide bonds. The number of carbonyl (C=O) groups excluding carboxylic acids is 1. The van der Waals surface area contributed by atoms with E-state index in [-0.39, 0.29) is 5.97 Å². The van der Waals surface area contributed by atoms with E-state index in [0.29, 0.717) is 24.7 Å². The van der Waals surface area contributed by atoms with Crippen molar-refractivity contribution in [2.24, 2.45) is 0 Å². The van der Waals surface area contributed by atoms with Crippen molar-refractivity contribution in [3.05, 3.63) is 20.8 Å². The highest BCUT2D eigenvalue weighted by Gasteiger charge is 2.26. The van der Waals surface area contributed by atoms with Gasteiger partial charge in [0.25, 0.3) is 0 Å². The third-order valence-electron chi connectivity index (χ3n) is 3.32. The van der Waals surface area contributed by atoms with Crippen LogP contribution in [0.25, 0.3) is 10.1 Å². The third-order valence-corrected chi connectivity index (χ3v) is 5.69. The zero-order valence-electron chi connectivity index (χ0n) is 11.6. The molecule has 2 aromatic rings. The number of carbonyl (C=O) groups is 1. The molecule has 0 saturated carbocycles. The van der Waals surface area contributed by atoms with Gasteiger partial charge in [-0.2, -0.15) is 0 Å². The fourth-order valence-electron chi connectivity index (χ4n) is 2.41. The minimum atomic E-state index is -0.254. The molecule has 0 aliphatic carbocycles. The van der Waals surface area contributed by atoms with Crippen molar-refractivity contribution < 1.29 is 14.3 Å². The molecule has 0 bridgehead atoms. The second kappa shape index (κ2) is 6.45. The zero-order valence-corrected chi connectivity index (χ0v) is 14.6. The van der Waals surface area contributed by atoms with Crippen LogP contribution >= 0.6 is 33.9 Å². The molecule has 3 heterocycles. The van der Waals surface area contributed by atoms with Crippen molar-refractivity contribution in [3.8, 4) is 0 Å². The van der Waals surface area contributed by atoms with Crippen molar-refractivity contribution in [2.45, 2.75) is 6.92 Å². The van der Waals surface area contributed by atoms with Gasteiger partial charge in [0.2, 0.25) is 0 Å². The predicted molar refractivity (Wildman–Crippen MR) is 91.3 cm³/mol. The highest BCUT2D eigenvalue weighted by molar-refractivity contribution is 14.1. The highest BCUT2D eigenvalue weighted by atomic mass is 127. The topological polar surface area (TPSA) is 51.7 Å². The predicted octanol–water partition coefficient (Wildman–Crippen LogP) is 2.91. The van der Waals surface area contributed by atoms with Gasteiger partial charge in [0.1, 0.15) is 8.58 Å². The number of aromatic nitrogens is 1. The number of morpholine rings is 1. The molecule has 5 nitrogen and oxygen atoms in total. The molecule has 0 radical (unpaired) electrons. The van der Waals surface area contributed by atoms with Crippen LogP contribution in [0.4, 0.5) is 5.69 Å². The van der Waals surface area contributed by atoms with Gasteiger partial charge in [0.15, 0.2) is 0 Å². The summed E-state index contributed by atoms with van der Waals surface area (Å²) in [5.74, 6) is -0.254. The normalized spacial score (nSPS) is 15.4. The van der Waals surface area contributed by atoms with E-state index in [9.17, 15) is 4.79 Å².